The molecule has 222 valence electrons. The molecule has 0 spiro atoms. The minimum Gasteiger partial charge on any atom is -0.490 e. The second-order valence-electron chi connectivity index (χ2n) is 7.11. The van der Waals surface area contributed by atoms with Crippen molar-refractivity contribution in [1.82, 2.24) is 0 Å². The van der Waals surface area contributed by atoms with Crippen molar-refractivity contribution in [3.05, 3.63) is 115 Å². The molecule has 0 saturated heterocycles. The number of benzene rings is 3. The topological polar surface area (TPSA) is 287 Å². The monoisotopic (exact) mass is 600 g/mol. The summed E-state index contributed by atoms with van der Waals surface area (Å²) in [5.74, 6) is 0.00167. The van der Waals surface area contributed by atoms with Crippen LogP contribution in [0.1, 0.15) is 0 Å². The van der Waals surface area contributed by atoms with Gasteiger partial charge in [0, 0.05) is 18.2 Å². The Morgan fingerprint density at radius 2 is 0.833 bits per heavy atom. The van der Waals surface area contributed by atoms with E-state index in [9.17, 15) is 60.7 Å². The number of nitrogens with zero attached hydrogens (tertiary/aromatic N) is 6. The van der Waals surface area contributed by atoms with Crippen LogP contribution in [0.3, 0.4) is 0 Å². The zero-order valence-corrected chi connectivity index (χ0v) is 21.5. The van der Waals surface area contributed by atoms with E-state index in [0.29, 0.717) is 0 Å². The molecule has 0 unspecified atom stereocenters. The second kappa shape index (κ2) is 15.2. The van der Waals surface area contributed by atoms with Crippen LogP contribution in [0.15, 0.2) is 54.6 Å². The summed E-state index contributed by atoms with van der Waals surface area (Å²) in [6, 6.07) is 9.59. The first-order valence-corrected chi connectivity index (χ1v) is 10.6. The van der Waals surface area contributed by atoms with E-state index < -0.39 is 46.6 Å². The molecule has 0 N–H and O–H groups in total. The van der Waals surface area contributed by atoms with E-state index in [1.165, 1.54) is 39.5 Å². The van der Waals surface area contributed by atoms with E-state index in [0.717, 1.165) is 36.4 Å². The zero-order valence-electron chi connectivity index (χ0n) is 21.5. The van der Waals surface area contributed by atoms with Gasteiger partial charge in [-0.25, -0.2) is 0 Å². The van der Waals surface area contributed by atoms with Gasteiger partial charge in [-0.1, -0.05) is 0 Å². The van der Waals surface area contributed by atoms with Crippen LogP contribution in [0.25, 0.3) is 0 Å². The Morgan fingerprint density at radius 1 is 0.524 bits per heavy atom. The fourth-order valence-electron chi connectivity index (χ4n) is 2.80. The van der Waals surface area contributed by atoms with E-state index in [-0.39, 0.29) is 34.3 Å². The van der Waals surface area contributed by atoms with E-state index in [1.54, 1.807) is 0 Å². The van der Waals surface area contributed by atoms with Gasteiger partial charge in [-0.15, -0.1) is 0 Å². The van der Waals surface area contributed by atoms with Crippen LogP contribution in [0, 0.1) is 60.7 Å². The van der Waals surface area contributed by atoms with E-state index in [2.05, 4.69) is 14.2 Å². The van der Waals surface area contributed by atoms with Crippen LogP contribution in [0.4, 0.5) is 34.1 Å². The molecule has 0 heterocycles. The molecule has 0 amide bonds. The van der Waals surface area contributed by atoms with Crippen molar-refractivity contribution >= 4 is 34.1 Å². The quantitative estimate of drug-likeness (QED) is 0.185. The molecule has 0 atom stereocenters. The van der Waals surface area contributed by atoms with Crippen molar-refractivity contribution in [2.75, 3.05) is 21.3 Å². The van der Waals surface area contributed by atoms with Crippen molar-refractivity contribution in [3.8, 4) is 17.2 Å². The van der Waals surface area contributed by atoms with Gasteiger partial charge in [-0.2, -0.15) is 0 Å². The number of non-ortho nitro benzene ring substituents is 3. The Morgan fingerprint density at radius 3 is 1.10 bits per heavy atom. The van der Waals surface area contributed by atoms with Crippen molar-refractivity contribution < 1.29 is 43.8 Å². The molecule has 0 saturated carbocycles. The highest BCUT2D eigenvalue weighted by Gasteiger charge is 2.21. The Bertz CT molecular complexity index is 1350. The van der Waals surface area contributed by atoms with E-state index in [1.807, 2.05) is 0 Å². The van der Waals surface area contributed by atoms with Gasteiger partial charge in [0.25, 0.3) is 17.1 Å². The van der Waals surface area contributed by atoms with Gasteiger partial charge in [0.1, 0.15) is 0 Å². The number of rotatable bonds is 9. The summed E-state index contributed by atoms with van der Waals surface area (Å²) in [7, 11) is 3.77. The van der Waals surface area contributed by atoms with Gasteiger partial charge < -0.3 is 14.2 Å². The Balaban J connectivity index is 0.000000315. The summed E-state index contributed by atoms with van der Waals surface area (Å²) >= 11 is 0. The summed E-state index contributed by atoms with van der Waals surface area (Å²) in [4.78, 5) is 58.0. The van der Waals surface area contributed by atoms with E-state index in [4.69, 9.17) is 0 Å². The predicted molar refractivity (Wildman–Crippen MR) is 139 cm³/mol. The Hall–Kier alpha value is -6.54. The molecule has 0 aliphatic rings. The average Bonchev–Trinajstić information content (AvgIpc) is 2.96. The molecule has 3 aromatic rings. The van der Waals surface area contributed by atoms with Gasteiger partial charge in [-0.05, 0) is 18.2 Å². The molecule has 0 fully saturated rings. The smallest absolute Gasteiger partial charge is 0.317 e. The van der Waals surface area contributed by atoms with Crippen LogP contribution < -0.4 is 14.2 Å². The maximum Gasteiger partial charge on any atom is 0.317 e. The highest BCUT2D eigenvalue weighted by molar-refractivity contribution is 5.54. The normalized spacial score (nSPS) is 9.50. The van der Waals surface area contributed by atoms with Crippen LogP contribution in [0.5, 0.6) is 17.2 Å². The van der Waals surface area contributed by atoms with Gasteiger partial charge in [0.15, 0.2) is 17.2 Å². The molecule has 42 heavy (non-hydrogen) atoms. The van der Waals surface area contributed by atoms with Crippen LogP contribution in [-0.4, -0.2) is 50.9 Å². The first-order chi connectivity index (χ1) is 19.7. The second-order valence-corrected chi connectivity index (χ2v) is 7.11. The molecular formula is C21H18N6O15. The molecule has 0 aromatic heterocycles. The van der Waals surface area contributed by atoms with Crippen LogP contribution in [-0.2, 0) is 0 Å². The molecule has 0 bridgehead atoms. The number of nitro benzene ring substituents is 6. The maximum absolute atomic E-state index is 10.5. The standard InChI is InChI=1S/3C7H6N2O5/c3*1-14-7-3-2-5(8(10)11)4-6(7)9(12)13/h3*2-4H,1H3/i2+1,3+1,4+1,5+1,6+1,7+1;8-1,9+1;. The SMILES string of the molecule is CO[13c]1[13cH][13cH][13c]([N+](=O)[O-])[13cH][13c]1[N+](=O)[O-].COc1ccc([13N+](=O)[O-])cc1[15N+](=O)[O-].COc1ccc([N+](=O)[O-])cc1[N+](=O)[O-]. The fraction of sp³-hybridized carbons (Fsp3) is 0.143. The minimum absolute atomic E-state index is 0.000556. The Kier molecular flexibility index (Phi) is 12.1. The number of methoxy groups -OCH3 is 3. The molecule has 21 heteroatoms. The highest BCUT2D eigenvalue weighted by atomic mass is 16.9. The number of hydrogen-bond donors (Lipinski definition) is 0. The largest absolute Gasteiger partial charge is 0.490 e. The van der Waals surface area contributed by atoms with Crippen molar-refractivity contribution in [2.24, 2.45) is 0 Å². The summed E-state index contributed by atoms with van der Waals surface area (Å²) < 4.78 is 14.0. The molecule has 21 nitrogen and oxygen atoms in total. The van der Waals surface area contributed by atoms with Crippen molar-refractivity contribution in [1.29, 1.82) is 0 Å². The van der Waals surface area contributed by atoms with Crippen molar-refractivity contribution in [3.63, 3.8) is 0 Å². The fourth-order valence-corrected chi connectivity index (χ4v) is 2.80. The lowest BCUT2D eigenvalue weighted by Gasteiger charge is -1.99. The van der Waals surface area contributed by atoms with Gasteiger partial charge in [0.2, 0.25) is 0 Å². The van der Waals surface area contributed by atoms with Crippen molar-refractivity contribution in [2.45, 2.75) is 0 Å². The highest BCUT2D eigenvalue weighted by Crippen LogP contribution is 2.32. The van der Waals surface area contributed by atoms with E-state index >= 15 is 0 Å². The number of ether oxygens (including phenoxy) is 3. The maximum atomic E-state index is 10.5. The van der Waals surface area contributed by atoms with Gasteiger partial charge >= 0.3 is 17.1 Å². The summed E-state index contributed by atoms with van der Waals surface area (Å²) in [6.07, 6.45) is 0. The third-order valence-corrected chi connectivity index (χ3v) is 4.71. The first kappa shape index (κ1) is 33.5. The summed E-state index contributed by atoms with van der Waals surface area (Å²) in [5.41, 5.74) is -2.25. The van der Waals surface area contributed by atoms with Crippen LogP contribution >= 0.6 is 0 Å². The summed E-state index contributed by atoms with van der Waals surface area (Å²) in [5, 5.41) is 62.3. The zero-order chi connectivity index (χ0) is 32.1. The molecule has 0 aliphatic carbocycles. The van der Waals surface area contributed by atoms with Gasteiger partial charge in [-0.3, -0.25) is 60.7 Å². The average molecular weight is 600 g/mol. The molecular weight excluding hydrogens is 582 g/mol. The third-order valence-electron chi connectivity index (χ3n) is 4.71. The molecule has 0 radical (unpaired) electrons. The molecule has 3 aromatic carbocycles. The molecule has 3 rings (SSSR count). The lowest BCUT2D eigenvalue weighted by Crippen LogP contribution is -1.95. The lowest BCUT2D eigenvalue weighted by atomic mass is 10.2. The first-order valence-electron chi connectivity index (χ1n) is 10.6. The summed E-state index contributed by atoms with van der Waals surface area (Å²) in [6.45, 7) is 0. The number of hydrogen-bond acceptors (Lipinski definition) is 15. The molecule has 0 aliphatic heterocycles. The Labute approximate surface area is 232 Å². The van der Waals surface area contributed by atoms with Crippen LogP contribution in [0.2, 0.25) is 0 Å². The third kappa shape index (κ3) is 9.04. The predicted octanol–water partition coefficient (Wildman–Crippen LogP) is 4.53. The minimum atomic E-state index is -0.730. The lowest BCUT2D eigenvalue weighted by molar-refractivity contribution is -0.395. The van der Waals surface area contributed by atoms with Gasteiger partial charge in [0.05, 0.1) is 69.1 Å². The number of nitro groups is 6.